The summed E-state index contributed by atoms with van der Waals surface area (Å²) in [6.07, 6.45) is 0. The summed E-state index contributed by atoms with van der Waals surface area (Å²) >= 11 is 6.00. The standard InChI is InChI=1S/C19H15OPS/c20-19(16-10-4-1-5-11-16)21(22,17-12-6-2-7-13-17)18-14-8-3-9-15-18/h1-15H. The molecule has 0 spiro atoms. The van der Waals surface area contributed by atoms with Gasteiger partial charge < -0.3 is 0 Å². The molecule has 0 aromatic heterocycles. The van der Waals surface area contributed by atoms with Crippen molar-refractivity contribution in [2.75, 3.05) is 0 Å². The van der Waals surface area contributed by atoms with Crippen LogP contribution in [0.15, 0.2) is 91.0 Å². The molecule has 0 aliphatic rings. The maximum absolute atomic E-state index is 13.2. The number of carbonyl (C=O) groups is 1. The number of hydrogen-bond acceptors (Lipinski definition) is 2. The highest BCUT2D eigenvalue weighted by atomic mass is 32.4. The maximum atomic E-state index is 13.2. The highest BCUT2D eigenvalue weighted by Gasteiger charge is 2.31. The molecule has 0 heterocycles. The molecule has 3 heteroatoms. The second kappa shape index (κ2) is 6.39. The third kappa shape index (κ3) is 2.68. The molecule has 0 radical (unpaired) electrons. The molecule has 0 saturated carbocycles. The molecule has 3 aromatic carbocycles. The van der Waals surface area contributed by atoms with Crippen molar-refractivity contribution < 1.29 is 4.79 Å². The van der Waals surface area contributed by atoms with Gasteiger partial charge in [-0.1, -0.05) is 103 Å². The van der Waals surface area contributed by atoms with Gasteiger partial charge in [0, 0.05) is 5.56 Å². The smallest absolute Gasteiger partial charge is 0.202 e. The zero-order valence-electron chi connectivity index (χ0n) is 11.9. The van der Waals surface area contributed by atoms with Crippen molar-refractivity contribution in [2.45, 2.75) is 0 Å². The summed E-state index contributed by atoms with van der Waals surface area (Å²) < 4.78 is 0. The van der Waals surface area contributed by atoms with Gasteiger partial charge in [0.05, 0.1) is 6.04 Å². The van der Waals surface area contributed by atoms with Crippen molar-refractivity contribution in [3.63, 3.8) is 0 Å². The summed E-state index contributed by atoms with van der Waals surface area (Å²) in [4.78, 5) is 13.2. The summed E-state index contributed by atoms with van der Waals surface area (Å²) in [6.45, 7) is 0. The molecular formula is C19H15OPS. The zero-order valence-corrected chi connectivity index (χ0v) is 13.6. The molecule has 0 atom stereocenters. The van der Waals surface area contributed by atoms with Gasteiger partial charge in [-0.05, 0) is 10.6 Å². The summed E-state index contributed by atoms with van der Waals surface area (Å²) in [7, 11) is 0. The number of benzene rings is 3. The van der Waals surface area contributed by atoms with E-state index in [4.69, 9.17) is 11.8 Å². The van der Waals surface area contributed by atoms with Gasteiger partial charge in [-0.3, -0.25) is 4.79 Å². The zero-order chi connectivity index (χ0) is 15.4. The van der Waals surface area contributed by atoms with E-state index in [1.54, 1.807) is 0 Å². The van der Waals surface area contributed by atoms with E-state index in [0.717, 1.165) is 10.6 Å². The third-order valence-corrected chi connectivity index (χ3v) is 8.19. The van der Waals surface area contributed by atoms with Crippen LogP contribution in [0.25, 0.3) is 0 Å². The lowest BCUT2D eigenvalue weighted by Gasteiger charge is -2.22. The van der Waals surface area contributed by atoms with E-state index >= 15 is 0 Å². The first-order valence-electron chi connectivity index (χ1n) is 7.04. The average molecular weight is 322 g/mol. The topological polar surface area (TPSA) is 17.1 Å². The first kappa shape index (κ1) is 14.9. The van der Waals surface area contributed by atoms with Crippen LogP contribution >= 0.6 is 6.04 Å². The van der Waals surface area contributed by atoms with E-state index in [-0.39, 0.29) is 5.52 Å². The van der Waals surface area contributed by atoms with Crippen LogP contribution in [0.3, 0.4) is 0 Å². The highest BCUT2D eigenvalue weighted by Crippen LogP contribution is 2.47. The third-order valence-electron chi connectivity index (χ3n) is 3.55. The van der Waals surface area contributed by atoms with Gasteiger partial charge in [0.1, 0.15) is 0 Å². The Hall–Kier alpha value is -2.02. The van der Waals surface area contributed by atoms with Crippen molar-refractivity contribution >= 4 is 34.0 Å². The van der Waals surface area contributed by atoms with Crippen LogP contribution in [-0.2, 0) is 11.8 Å². The normalized spacial score (nSPS) is 11.1. The van der Waals surface area contributed by atoms with Crippen LogP contribution in [0.1, 0.15) is 10.4 Å². The lowest BCUT2D eigenvalue weighted by Crippen LogP contribution is -2.22. The van der Waals surface area contributed by atoms with E-state index in [1.165, 1.54) is 0 Å². The molecular weight excluding hydrogens is 307 g/mol. The predicted molar refractivity (Wildman–Crippen MR) is 97.2 cm³/mol. The van der Waals surface area contributed by atoms with Crippen LogP contribution in [0.5, 0.6) is 0 Å². The van der Waals surface area contributed by atoms with Gasteiger partial charge >= 0.3 is 0 Å². The fourth-order valence-electron chi connectivity index (χ4n) is 2.42. The van der Waals surface area contributed by atoms with Crippen LogP contribution in [0.4, 0.5) is 0 Å². The first-order valence-corrected chi connectivity index (χ1v) is 9.84. The van der Waals surface area contributed by atoms with Gasteiger partial charge in [0.25, 0.3) is 0 Å². The summed E-state index contributed by atoms with van der Waals surface area (Å²) in [5.41, 5.74) is 0.721. The van der Waals surface area contributed by atoms with E-state index in [2.05, 4.69) is 0 Å². The van der Waals surface area contributed by atoms with E-state index in [0.29, 0.717) is 5.56 Å². The maximum Gasteiger partial charge on any atom is 0.202 e. The number of carbonyl (C=O) groups excluding carboxylic acids is 1. The molecule has 0 N–H and O–H groups in total. The molecule has 0 bridgehead atoms. The van der Waals surface area contributed by atoms with Crippen LogP contribution in [0.2, 0.25) is 0 Å². The van der Waals surface area contributed by atoms with Gasteiger partial charge in [-0.15, -0.1) is 0 Å². The summed E-state index contributed by atoms with van der Waals surface area (Å²) in [6, 6.07) is 26.3. The van der Waals surface area contributed by atoms with Crippen molar-refractivity contribution in [1.82, 2.24) is 0 Å². The predicted octanol–water partition coefficient (Wildman–Crippen LogP) is 3.96. The van der Waals surface area contributed by atoms with Crippen molar-refractivity contribution in [3.8, 4) is 0 Å². The Morgan fingerprint density at radius 1 is 0.636 bits per heavy atom. The monoisotopic (exact) mass is 322 g/mol. The van der Waals surface area contributed by atoms with Crippen LogP contribution in [0, 0.1) is 0 Å². The minimum atomic E-state index is -2.54. The Labute approximate surface area is 135 Å². The van der Waals surface area contributed by atoms with Crippen LogP contribution in [-0.4, -0.2) is 5.52 Å². The SMILES string of the molecule is O=C(c1ccccc1)P(=S)(c1ccccc1)c1ccccc1. The van der Waals surface area contributed by atoms with E-state index in [9.17, 15) is 4.79 Å². The summed E-state index contributed by atoms with van der Waals surface area (Å²) in [5, 5.41) is 1.87. The molecule has 22 heavy (non-hydrogen) atoms. The minimum Gasteiger partial charge on any atom is -0.287 e. The molecule has 1 nitrogen and oxygen atoms in total. The fourth-order valence-corrected chi connectivity index (χ4v) is 5.93. The van der Waals surface area contributed by atoms with Crippen molar-refractivity contribution in [1.29, 1.82) is 0 Å². The van der Waals surface area contributed by atoms with Crippen molar-refractivity contribution in [2.24, 2.45) is 0 Å². The van der Waals surface area contributed by atoms with Gasteiger partial charge in [0.15, 0.2) is 0 Å². The van der Waals surface area contributed by atoms with E-state index in [1.807, 2.05) is 91.0 Å². The first-order chi connectivity index (χ1) is 10.7. The molecule has 108 valence electrons. The molecule has 0 aliphatic carbocycles. The lowest BCUT2D eigenvalue weighted by molar-refractivity contribution is 0.108. The lowest BCUT2D eigenvalue weighted by atomic mass is 10.2. The summed E-state index contributed by atoms with van der Waals surface area (Å²) in [5.74, 6) is 0. The Kier molecular flexibility index (Phi) is 4.33. The second-order valence-corrected chi connectivity index (χ2v) is 9.25. The van der Waals surface area contributed by atoms with Gasteiger partial charge in [-0.2, -0.15) is 0 Å². The van der Waals surface area contributed by atoms with Gasteiger partial charge in [-0.25, -0.2) is 0 Å². The minimum absolute atomic E-state index is 0.0421. The molecule has 0 aliphatic heterocycles. The van der Waals surface area contributed by atoms with Crippen LogP contribution < -0.4 is 10.6 Å². The molecule has 0 saturated heterocycles. The van der Waals surface area contributed by atoms with E-state index < -0.39 is 6.04 Å². The Bertz CT molecular complexity index is 770. The fraction of sp³-hybridized carbons (Fsp3) is 0. The molecule has 0 amide bonds. The van der Waals surface area contributed by atoms with Crippen molar-refractivity contribution in [3.05, 3.63) is 96.6 Å². The quantitative estimate of drug-likeness (QED) is 0.676. The highest BCUT2D eigenvalue weighted by molar-refractivity contribution is 8.30. The second-order valence-electron chi connectivity index (χ2n) is 4.95. The molecule has 3 aromatic rings. The Balaban J connectivity index is 2.21. The largest absolute Gasteiger partial charge is 0.287 e. The molecule has 0 fully saturated rings. The molecule has 3 rings (SSSR count). The molecule has 0 unspecified atom stereocenters. The number of rotatable bonds is 4. The number of hydrogen-bond donors (Lipinski definition) is 0. The Morgan fingerprint density at radius 3 is 1.41 bits per heavy atom. The van der Waals surface area contributed by atoms with Gasteiger partial charge in [0.2, 0.25) is 5.52 Å². The Morgan fingerprint density at radius 2 is 1.00 bits per heavy atom. The average Bonchev–Trinajstić information content (AvgIpc) is 2.62.